The molecular weight excluding hydrogens is 554 g/mol. The Kier molecular flexibility index (Phi) is 18.6. The third kappa shape index (κ3) is 13.5. The van der Waals surface area contributed by atoms with Gasteiger partial charge in [-0.15, -0.1) is 0 Å². The molecule has 1 heterocycles. The third-order valence-electron chi connectivity index (χ3n) is 8.48. The lowest BCUT2D eigenvalue weighted by Gasteiger charge is -2.33. The average molecular weight is 614 g/mol. The van der Waals surface area contributed by atoms with E-state index in [0.717, 1.165) is 25.7 Å². The number of unbranched alkanes of at least 4 members (excludes halogenated alkanes) is 10. The molecule has 250 valence electrons. The summed E-state index contributed by atoms with van der Waals surface area (Å²) in [6, 6.07) is -3.97. The molecule has 0 aliphatic carbocycles. The van der Waals surface area contributed by atoms with Crippen LogP contribution in [0, 0.1) is 17.8 Å². The number of nitrogens with one attached hydrogen (secondary N) is 3. The second kappa shape index (κ2) is 20.7. The first-order chi connectivity index (χ1) is 20.3. The van der Waals surface area contributed by atoms with Crippen molar-refractivity contribution < 1.29 is 39.2 Å². The number of amides is 3. The fraction of sp³-hybridized carbons (Fsp3) is 0.875. The monoisotopic (exact) mass is 613 g/mol. The second-order valence-corrected chi connectivity index (χ2v) is 12.6. The molecule has 0 radical (unpaired) electrons. The van der Waals surface area contributed by atoms with Crippen molar-refractivity contribution in [3.63, 3.8) is 0 Å². The molecule has 1 rings (SSSR count). The summed E-state index contributed by atoms with van der Waals surface area (Å²) in [5, 5.41) is 38.5. The van der Waals surface area contributed by atoms with Crippen LogP contribution in [0.3, 0.4) is 0 Å². The summed E-state index contributed by atoms with van der Waals surface area (Å²) in [7, 11) is 0. The molecule has 1 aliphatic heterocycles. The Morgan fingerprint density at radius 2 is 1.21 bits per heavy atom. The van der Waals surface area contributed by atoms with Gasteiger partial charge in [-0.25, -0.2) is 4.79 Å². The van der Waals surface area contributed by atoms with E-state index in [1.807, 2.05) is 0 Å². The molecular formula is C32H59N3O8. The van der Waals surface area contributed by atoms with Crippen LogP contribution in [0.4, 0.5) is 0 Å². The molecule has 0 spiro atoms. The fourth-order valence-electron chi connectivity index (χ4n) is 5.44. The van der Waals surface area contributed by atoms with Gasteiger partial charge in [0.1, 0.15) is 18.2 Å². The third-order valence-corrected chi connectivity index (χ3v) is 8.48. The fourth-order valence-corrected chi connectivity index (χ4v) is 5.44. The van der Waals surface area contributed by atoms with Gasteiger partial charge in [-0.05, 0) is 19.3 Å². The Labute approximate surface area is 258 Å². The zero-order valence-corrected chi connectivity index (χ0v) is 27.3. The van der Waals surface area contributed by atoms with Crippen molar-refractivity contribution in [2.45, 2.75) is 155 Å². The molecule has 43 heavy (non-hydrogen) atoms. The normalized spacial score (nSPS) is 26.2. The van der Waals surface area contributed by atoms with Gasteiger partial charge in [0.15, 0.2) is 6.04 Å². The number of carbonyl (C=O) groups excluding carboxylic acids is 4. The number of aliphatic hydroxyl groups excluding tert-OH is 3. The number of esters is 1. The first-order valence-corrected chi connectivity index (χ1v) is 16.4. The van der Waals surface area contributed by atoms with Crippen LogP contribution in [0.1, 0.15) is 119 Å². The highest BCUT2D eigenvalue weighted by molar-refractivity contribution is 5.94. The summed E-state index contributed by atoms with van der Waals surface area (Å²) in [6.45, 7) is 9.42. The lowest BCUT2D eigenvalue weighted by molar-refractivity contribution is -0.164. The largest absolute Gasteiger partial charge is 0.460 e. The number of carbonyl (C=O) groups is 4. The Balaban J connectivity index is 2.95. The molecule has 8 atom stereocenters. The van der Waals surface area contributed by atoms with E-state index in [1.54, 1.807) is 27.7 Å². The Bertz CT molecular complexity index is 852. The van der Waals surface area contributed by atoms with E-state index >= 15 is 0 Å². The number of cyclic esters (lactones) is 1. The number of aliphatic hydroxyl groups is 3. The van der Waals surface area contributed by atoms with E-state index in [9.17, 15) is 34.5 Å². The molecule has 6 N–H and O–H groups in total. The van der Waals surface area contributed by atoms with Gasteiger partial charge < -0.3 is 36.0 Å². The maximum Gasteiger partial charge on any atom is 0.331 e. The van der Waals surface area contributed by atoms with E-state index in [2.05, 4.69) is 22.9 Å². The minimum Gasteiger partial charge on any atom is -0.460 e. The molecule has 1 saturated heterocycles. The zero-order valence-electron chi connectivity index (χ0n) is 27.3. The van der Waals surface area contributed by atoms with E-state index in [4.69, 9.17) is 4.74 Å². The van der Waals surface area contributed by atoms with Crippen LogP contribution in [-0.4, -0.2) is 82.1 Å². The van der Waals surface area contributed by atoms with Crippen LogP contribution in [0.2, 0.25) is 0 Å². The highest BCUT2D eigenvalue weighted by Gasteiger charge is 2.40. The van der Waals surface area contributed by atoms with Crippen LogP contribution in [-0.2, 0) is 23.9 Å². The standard InChI is InChI=1S/C32H59N3O8/c1-7-8-9-10-11-12-13-14-15-16-17-18-25(38)21(4)28-22(5)29(39)34-26(20(2)3)30(40)35-27(23(6)37)31(41)33-24(19-36)32(42)43-28/h20-28,36-38H,7-19H2,1-6H3,(H,33,41)(H,34,39)(H,35,40)/t21-,22-,23-,24+,25-,26-,27+,28+/m0/s1. The highest BCUT2D eigenvalue weighted by Crippen LogP contribution is 2.25. The first kappa shape index (κ1) is 38.8. The average Bonchev–Trinajstić information content (AvgIpc) is 2.96. The molecule has 1 fully saturated rings. The lowest BCUT2D eigenvalue weighted by Crippen LogP contribution is -2.60. The van der Waals surface area contributed by atoms with Crippen molar-refractivity contribution in [3.8, 4) is 0 Å². The number of hydrogen-bond acceptors (Lipinski definition) is 8. The summed E-state index contributed by atoms with van der Waals surface area (Å²) in [5.74, 6) is -5.08. The quantitative estimate of drug-likeness (QED) is 0.107. The van der Waals surface area contributed by atoms with Crippen LogP contribution in [0.15, 0.2) is 0 Å². The van der Waals surface area contributed by atoms with Gasteiger partial charge in [0.05, 0.1) is 24.7 Å². The number of ether oxygens (including phenoxy) is 1. The maximum atomic E-state index is 13.4. The molecule has 3 amide bonds. The Morgan fingerprint density at radius 1 is 0.721 bits per heavy atom. The van der Waals surface area contributed by atoms with Crippen molar-refractivity contribution in [2.75, 3.05) is 6.61 Å². The van der Waals surface area contributed by atoms with Gasteiger partial charge in [0, 0.05) is 5.92 Å². The van der Waals surface area contributed by atoms with Crippen LogP contribution in [0.25, 0.3) is 0 Å². The summed E-state index contributed by atoms with van der Waals surface area (Å²) in [4.78, 5) is 52.4. The summed E-state index contributed by atoms with van der Waals surface area (Å²) >= 11 is 0. The Morgan fingerprint density at radius 3 is 1.70 bits per heavy atom. The maximum absolute atomic E-state index is 13.4. The van der Waals surface area contributed by atoms with Crippen molar-refractivity contribution in [3.05, 3.63) is 0 Å². The molecule has 0 aromatic heterocycles. The topological polar surface area (TPSA) is 174 Å². The predicted octanol–water partition coefficient (Wildman–Crippen LogP) is 2.73. The summed E-state index contributed by atoms with van der Waals surface area (Å²) in [5.41, 5.74) is 0. The predicted molar refractivity (Wildman–Crippen MR) is 165 cm³/mol. The van der Waals surface area contributed by atoms with Crippen molar-refractivity contribution in [1.29, 1.82) is 0 Å². The van der Waals surface area contributed by atoms with Gasteiger partial charge in [-0.2, -0.15) is 0 Å². The zero-order chi connectivity index (χ0) is 32.5. The summed E-state index contributed by atoms with van der Waals surface area (Å²) in [6.07, 6.45) is 10.1. The molecule has 0 unspecified atom stereocenters. The van der Waals surface area contributed by atoms with Gasteiger partial charge in [-0.3, -0.25) is 14.4 Å². The van der Waals surface area contributed by atoms with Crippen molar-refractivity contribution >= 4 is 23.7 Å². The molecule has 1 aliphatic rings. The van der Waals surface area contributed by atoms with Crippen LogP contribution < -0.4 is 16.0 Å². The molecule has 0 bridgehead atoms. The van der Waals surface area contributed by atoms with Crippen LogP contribution >= 0.6 is 0 Å². The van der Waals surface area contributed by atoms with Crippen molar-refractivity contribution in [2.24, 2.45) is 17.8 Å². The molecule has 11 heteroatoms. The minimum absolute atomic E-state index is 0.366. The molecule has 0 saturated carbocycles. The van der Waals surface area contributed by atoms with Crippen LogP contribution in [0.5, 0.6) is 0 Å². The lowest BCUT2D eigenvalue weighted by atomic mass is 9.86. The first-order valence-electron chi connectivity index (χ1n) is 16.4. The van der Waals surface area contributed by atoms with Crippen molar-refractivity contribution in [1.82, 2.24) is 16.0 Å². The van der Waals surface area contributed by atoms with E-state index < -0.39 is 78.6 Å². The van der Waals surface area contributed by atoms with Gasteiger partial charge >= 0.3 is 5.97 Å². The van der Waals surface area contributed by atoms with Gasteiger partial charge in [-0.1, -0.05) is 105 Å². The second-order valence-electron chi connectivity index (χ2n) is 12.6. The molecule has 0 aromatic carbocycles. The van der Waals surface area contributed by atoms with Gasteiger partial charge in [0.25, 0.3) is 0 Å². The number of rotatable bonds is 17. The van der Waals surface area contributed by atoms with Gasteiger partial charge in [0.2, 0.25) is 17.7 Å². The summed E-state index contributed by atoms with van der Waals surface area (Å²) < 4.78 is 5.70. The number of hydrogen-bond donors (Lipinski definition) is 6. The molecule has 0 aromatic rings. The SMILES string of the molecule is CCCCCCCCCCCCC[C@H](O)[C@H](C)[C@H]1OC(=O)[C@@H](CO)NC(=O)[C@@H]([C@H](C)O)NC(=O)[C@H](C(C)C)NC(=O)[C@H]1C. The van der Waals surface area contributed by atoms with E-state index in [-0.39, 0.29) is 5.92 Å². The Hall–Kier alpha value is -2.24. The van der Waals surface area contributed by atoms with E-state index in [1.165, 1.54) is 51.9 Å². The minimum atomic E-state index is -1.50. The molecule has 11 nitrogen and oxygen atoms in total. The van der Waals surface area contributed by atoms with E-state index in [0.29, 0.717) is 6.42 Å². The smallest absolute Gasteiger partial charge is 0.331 e. The highest BCUT2D eigenvalue weighted by atomic mass is 16.5.